The van der Waals surface area contributed by atoms with Crippen LogP contribution in [0, 0.1) is 23.7 Å². The van der Waals surface area contributed by atoms with Gasteiger partial charge in [-0.3, -0.25) is 9.78 Å². The Morgan fingerprint density at radius 1 is 1.10 bits per heavy atom. The van der Waals surface area contributed by atoms with E-state index in [9.17, 15) is 9.59 Å². The largest absolute Gasteiger partial charge is 0.480 e. The number of aromatic nitrogens is 1. The second kappa shape index (κ2) is 7.01. The fourth-order valence-electron chi connectivity index (χ4n) is 6.16. The molecule has 6 nitrogen and oxygen atoms in total. The van der Waals surface area contributed by atoms with Crippen molar-refractivity contribution in [1.29, 1.82) is 0 Å². The van der Waals surface area contributed by atoms with Crippen molar-refractivity contribution in [3.05, 3.63) is 42.1 Å². The van der Waals surface area contributed by atoms with Gasteiger partial charge in [-0.1, -0.05) is 24.3 Å². The molecule has 6 heteroatoms. The van der Waals surface area contributed by atoms with Crippen LogP contribution in [0.4, 0.5) is 4.79 Å². The van der Waals surface area contributed by atoms with Gasteiger partial charge < -0.3 is 15.2 Å². The summed E-state index contributed by atoms with van der Waals surface area (Å²) in [5, 5.41) is 12.6. The van der Waals surface area contributed by atoms with Crippen molar-refractivity contribution >= 4 is 23.0 Å². The molecule has 7 atom stereocenters. The zero-order chi connectivity index (χ0) is 20.1. The second-order valence-corrected chi connectivity index (χ2v) is 9.02. The number of carbonyl (C=O) groups is 2. The summed E-state index contributed by atoms with van der Waals surface area (Å²) in [4.78, 5) is 28.4. The predicted octanol–water partition coefficient (Wildman–Crippen LogP) is 3.95. The first kappa shape index (κ1) is 18.4. The number of para-hydroxylation sites is 1. The van der Waals surface area contributed by atoms with Crippen molar-refractivity contribution in [2.45, 2.75) is 50.7 Å². The third-order valence-electron chi connectivity index (χ3n) is 7.25. The average molecular weight is 394 g/mol. The molecule has 4 aliphatic carbocycles. The highest BCUT2D eigenvalue weighted by atomic mass is 16.6. The highest BCUT2D eigenvalue weighted by Crippen LogP contribution is 2.60. The average Bonchev–Trinajstić information content (AvgIpc) is 2.70. The summed E-state index contributed by atoms with van der Waals surface area (Å²) in [6.07, 6.45) is 3.67. The minimum Gasteiger partial charge on any atom is -0.480 e. The summed E-state index contributed by atoms with van der Waals surface area (Å²) >= 11 is 0. The van der Waals surface area contributed by atoms with Gasteiger partial charge in [0.25, 0.3) is 0 Å². The normalized spacial score (nSPS) is 33.4. The molecule has 0 saturated heterocycles. The lowest BCUT2D eigenvalue weighted by Crippen LogP contribution is -2.55. The smallest absolute Gasteiger partial charge is 0.408 e. The molecular weight excluding hydrogens is 368 g/mol. The van der Waals surface area contributed by atoms with Gasteiger partial charge in [-0.05, 0) is 62.5 Å². The zero-order valence-corrected chi connectivity index (χ0v) is 16.5. The molecule has 4 saturated carbocycles. The molecular formula is C23H26N2O4. The maximum atomic E-state index is 12.4. The number of amides is 1. The number of hydrogen-bond donors (Lipinski definition) is 2. The molecule has 1 amide bonds. The van der Waals surface area contributed by atoms with Gasteiger partial charge in [0, 0.05) is 22.9 Å². The Morgan fingerprint density at radius 2 is 1.90 bits per heavy atom. The van der Waals surface area contributed by atoms with Gasteiger partial charge in [0.1, 0.15) is 12.1 Å². The third-order valence-corrected chi connectivity index (χ3v) is 7.25. The molecule has 6 unspecified atom stereocenters. The van der Waals surface area contributed by atoms with Crippen LogP contribution < -0.4 is 5.32 Å². The number of nitrogens with zero attached hydrogens (tertiary/aromatic N) is 1. The molecule has 1 heterocycles. The first-order valence-electron chi connectivity index (χ1n) is 10.5. The molecule has 2 aromatic rings. The topological polar surface area (TPSA) is 88.5 Å². The lowest BCUT2D eigenvalue weighted by Gasteiger charge is -2.57. The van der Waals surface area contributed by atoms with Crippen LogP contribution in [-0.4, -0.2) is 34.3 Å². The van der Waals surface area contributed by atoms with E-state index in [4.69, 9.17) is 14.8 Å². The lowest BCUT2D eigenvalue weighted by atomic mass is 9.50. The molecule has 1 aromatic carbocycles. The first-order valence-corrected chi connectivity index (χ1v) is 10.5. The van der Waals surface area contributed by atoms with Crippen LogP contribution in [0.2, 0.25) is 0 Å². The summed E-state index contributed by atoms with van der Waals surface area (Å²) in [5.74, 6) is 1.16. The third kappa shape index (κ3) is 3.24. The summed E-state index contributed by atoms with van der Waals surface area (Å²) in [7, 11) is 0. The quantitative estimate of drug-likeness (QED) is 0.820. The van der Waals surface area contributed by atoms with Gasteiger partial charge in [0.2, 0.25) is 0 Å². The van der Waals surface area contributed by atoms with E-state index in [0.717, 1.165) is 35.9 Å². The number of fused-ring (bicyclic) bond motifs is 1. The Balaban J connectivity index is 1.41. The molecule has 4 fully saturated rings. The molecule has 0 spiro atoms. The monoisotopic (exact) mass is 394 g/mol. The van der Waals surface area contributed by atoms with Gasteiger partial charge in [-0.25, -0.2) is 4.79 Å². The van der Waals surface area contributed by atoms with Gasteiger partial charge in [-0.2, -0.15) is 0 Å². The lowest BCUT2D eigenvalue weighted by molar-refractivity contribution is -0.139. The molecule has 152 valence electrons. The number of hydrogen-bond acceptors (Lipinski definition) is 4. The van der Waals surface area contributed by atoms with E-state index in [0.29, 0.717) is 23.7 Å². The Labute approximate surface area is 169 Å². The number of carboxylic acids is 1. The number of carboxylic acid groups (broad SMARTS) is 1. The van der Waals surface area contributed by atoms with Crippen molar-refractivity contribution in [2.24, 2.45) is 23.7 Å². The van der Waals surface area contributed by atoms with Crippen LogP contribution in [-0.2, 0) is 9.53 Å². The van der Waals surface area contributed by atoms with Gasteiger partial charge in [-0.15, -0.1) is 0 Å². The number of aliphatic carboxylic acids is 1. The Morgan fingerprint density at radius 3 is 2.72 bits per heavy atom. The molecule has 2 N–H and O–H groups in total. The summed E-state index contributed by atoms with van der Waals surface area (Å²) in [5.41, 5.74) is 2.11. The van der Waals surface area contributed by atoms with Crippen molar-refractivity contribution in [2.75, 3.05) is 0 Å². The Hall–Kier alpha value is -2.63. The van der Waals surface area contributed by atoms with E-state index in [2.05, 4.69) is 23.5 Å². The van der Waals surface area contributed by atoms with Crippen molar-refractivity contribution in [3.63, 3.8) is 0 Å². The number of nitrogens with one attached hydrogen (secondary N) is 1. The summed E-state index contributed by atoms with van der Waals surface area (Å²) < 4.78 is 5.85. The molecule has 4 aliphatic rings. The van der Waals surface area contributed by atoms with E-state index < -0.39 is 18.1 Å². The molecule has 6 rings (SSSR count). The number of ether oxygens (including phenoxy) is 1. The number of benzene rings is 1. The van der Waals surface area contributed by atoms with E-state index >= 15 is 0 Å². The fraction of sp³-hybridized carbons (Fsp3) is 0.522. The van der Waals surface area contributed by atoms with Crippen LogP contribution in [0.25, 0.3) is 10.9 Å². The van der Waals surface area contributed by atoms with Gasteiger partial charge in [0.15, 0.2) is 0 Å². The minimum absolute atomic E-state index is 0.165. The first-order chi connectivity index (χ1) is 14.0. The maximum Gasteiger partial charge on any atom is 0.408 e. The van der Waals surface area contributed by atoms with Gasteiger partial charge in [0.05, 0.1) is 5.52 Å². The van der Waals surface area contributed by atoms with Crippen LogP contribution in [0.15, 0.2) is 36.4 Å². The second-order valence-electron chi connectivity index (χ2n) is 9.02. The van der Waals surface area contributed by atoms with E-state index in [1.807, 2.05) is 18.2 Å². The van der Waals surface area contributed by atoms with E-state index in [-0.39, 0.29) is 12.0 Å². The standard InChI is InChI=1S/C23H26N2O4/c1-12(22(26)27)24-23(28)29-21-16-9-13-8-15(11-16)20(17(21)10-13)19-7-6-14-4-2-3-5-18(14)25-19/h2-7,12-13,15-17,20-21H,8-11H2,1H3,(H,24,28)(H,26,27)/t12-,13?,15?,16?,17?,20?,21?/m0/s1. The van der Waals surface area contributed by atoms with Crippen LogP contribution in [0.3, 0.4) is 0 Å². The van der Waals surface area contributed by atoms with Crippen LogP contribution >= 0.6 is 0 Å². The highest BCUT2D eigenvalue weighted by Gasteiger charge is 2.55. The van der Waals surface area contributed by atoms with Crippen LogP contribution in [0.5, 0.6) is 0 Å². The highest BCUT2D eigenvalue weighted by molar-refractivity contribution is 5.79. The summed E-state index contributed by atoms with van der Waals surface area (Å²) in [6, 6.07) is 11.5. The predicted molar refractivity (Wildman–Crippen MR) is 107 cm³/mol. The Kier molecular flexibility index (Phi) is 4.45. The molecule has 4 bridgehead atoms. The van der Waals surface area contributed by atoms with Crippen LogP contribution in [0.1, 0.15) is 44.2 Å². The Bertz CT molecular complexity index is 961. The van der Waals surface area contributed by atoms with Crippen molar-refractivity contribution < 1.29 is 19.4 Å². The van der Waals surface area contributed by atoms with Gasteiger partial charge >= 0.3 is 12.1 Å². The zero-order valence-electron chi connectivity index (χ0n) is 16.5. The molecule has 0 aliphatic heterocycles. The molecule has 0 radical (unpaired) electrons. The SMILES string of the molecule is C[C@H](NC(=O)OC1C2CC3CC(C2)C(c2ccc4ccccc4n2)C1C3)C(=O)O. The number of pyridine rings is 1. The number of carbonyl (C=O) groups excluding carboxylic acids is 1. The van der Waals surface area contributed by atoms with E-state index in [1.165, 1.54) is 13.3 Å². The van der Waals surface area contributed by atoms with Crippen molar-refractivity contribution in [3.8, 4) is 0 Å². The number of rotatable bonds is 4. The summed E-state index contributed by atoms with van der Waals surface area (Å²) in [6.45, 7) is 1.45. The minimum atomic E-state index is -1.06. The maximum absolute atomic E-state index is 12.4. The fourth-order valence-corrected chi connectivity index (χ4v) is 6.16. The molecule has 29 heavy (non-hydrogen) atoms. The van der Waals surface area contributed by atoms with Crippen molar-refractivity contribution in [1.82, 2.24) is 10.3 Å². The van der Waals surface area contributed by atoms with E-state index in [1.54, 1.807) is 0 Å². The number of alkyl carbamates (subject to hydrolysis) is 1. The molecule has 1 aromatic heterocycles.